The normalized spacial score (nSPS) is 28.1. The Bertz CT molecular complexity index is 189. The van der Waals surface area contributed by atoms with Gasteiger partial charge < -0.3 is 5.32 Å². The van der Waals surface area contributed by atoms with E-state index in [2.05, 4.69) is 38.0 Å². The zero-order valence-electron chi connectivity index (χ0n) is 9.00. The summed E-state index contributed by atoms with van der Waals surface area (Å²) in [6, 6.07) is 0.595. The number of hydrogen-bond acceptors (Lipinski definition) is 2. The lowest BCUT2D eigenvalue weighted by molar-refractivity contribution is 0.430. The SMILES string of the molecule is CC1CSC(=NCC(C)C(C)C)N1. The summed E-state index contributed by atoms with van der Waals surface area (Å²) in [4.78, 5) is 4.56. The van der Waals surface area contributed by atoms with Gasteiger partial charge in [-0.25, -0.2) is 0 Å². The fourth-order valence-electron chi connectivity index (χ4n) is 1.03. The van der Waals surface area contributed by atoms with Crippen molar-refractivity contribution in [3.05, 3.63) is 0 Å². The third-order valence-electron chi connectivity index (χ3n) is 2.50. The molecule has 0 radical (unpaired) electrons. The number of aliphatic imine (C=N–C) groups is 1. The number of hydrogen-bond donors (Lipinski definition) is 1. The van der Waals surface area contributed by atoms with E-state index in [0.717, 1.165) is 23.4 Å². The predicted octanol–water partition coefficient (Wildman–Crippen LogP) is 2.36. The Balaban J connectivity index is 2.31. The molecule has 0 saturated carbocycles. The van der Waals surface area contributed by atoms with Crippen molar-refractivity contribution < 1.29 is 0 Å². The molecule has 1 aliphatic rings. The van der Waals surface area contributed by atoms with Crippen LogP contribution >= 0.6 is 11.8 Å². The van der Waals surface area contributed by atoms with Crippen LogP contribution in [0.15, 0.2) is 4.99 Å². The first-order valence-corrected chi connectivity index (χ1v) is 6.02. The number of nitrogens with zero attached hydrogens (tertiary/aromatic N) is 1. The van der Waals surface area contributed by atoms with E-state index >= 15 is 0 Å². The molecule has 0 bridgehead atoms. The molecule has 1 saturated heterocycles. The Morgan fingerprint density at radius 1 is 1.54 bits per heavy atom. The molecular weight excluding hydrogens is 180 g/mol. The maximum Gasteiger partial charge on any atom is 0.156 e. The molecule has 2 unspecified atom stereocenters. The molecule has 0 aromatic carbocycles. The van der Waals surface area contributed by atoms with Gasteiger partial charge in [0.25, 0.3) is 0 Å². The smallest absolute Gasteiger partial charge is 0.156 e. The molecule has 0 spiro atoms. The van der Waals surface area contributed by atoms with E-state index in [0.29, 0.717) is 12.0 Å². The highest BCUT2D eigenvalue weighted by molar-refractivity contribution is 8.14. The monoisotopic (exact) mass is 200 g/mol. The fourth-order valence-corrected chi connectivity index (χ4v) is 1.97. The summed E-state index contributed by atoms with van der Waals surface area (Å²) in [5.41, 5.74) is 0. The van der Waals surface area contributed by atoms with Crippen LogP contribution in [0.5, 0.6) is 0 Å². The molecule has 0 aliphatic carbocycles. The van der Waals surface area contributed by atoms with Gasteiger partial charge in [-0.05, 0) is 18.8 Å². The molecular formula is C10H20N2S. The molecule has 2 atom stereocenters. The molecule has 1 fully saturated rings. The third-order valence-corrected chi connectivity index (χ3v) is 3.69. The van der Waals surface area contributed by atoms with Crippen molar-refractivity contribution in [1.29, 1.82) is 0 Å². The van der Waals surface area contributed by atoms with Gasteiger partial charge in [-0.2, -0.15) is 0 Å². The lowest BCUT2D eigenvalue weighted by Crippen LogP contribution is -2.23. The lowest BCUT2D eigenvalue weighted by atomic mass is 9.99. The predicted molar refractivity (Wildman–Crippen MR) is 61.4 cm³/mol. The summed E-state index contributed by atoms with van der Waals surface area (Å²) < 4.78 is 0. The Kier molecular flexibility index (Phi) is 4.10. The van der Waals surface area contributed by atoms with E-state index in [1.165, 1.54) is 0 Å². The average molecular weight is 200 g/mol. The largest absolute Gasteiger partial charge is 0.362 e. The molecule has 0 amide bonds. The van der Waals surface area contributed by atoms with Crippen molar-refractivity contribution in [3.8, 4) is 0 Å². The van der Waals surface area contributed by atoms with E-state index < -0.39 is 0 Å². The summed E-state index contributed by atoms with van der Waals surface area (Å²) in [5.74, 6) is 2.58. The van der Waals surface area contributed by atoms with Crippen LogP contribution < -0.4 is 5.32 Å². The van der Waals surface area contributed by atoms with Gasteiger partial charge in [0, 0.05) is 18.3 Å². The standard InChI is InChI=1S/C10H20N2S/c1-7(2)8(3)5-11-10-12-9(4)6-13-10/h7-9H,5-6H2,1-4H3,(H,11,12). The van der Waals surface area contributed by atoms with Gasteiger partial charge in [0.15, 0.2) is 5.17 Å². The van der Waals surface area contributed by atoms with Crippen LogP contribution in [0.4, 0.5) is 0 Å². The van der Waals surface area contributed by atoms with Crippen LogP contribution in [0.1, 0.15) is 27.7 Å². The third kappa shape index (κ3) is 3.59. The van der Waals surface area contributed by atoms with Crippen LogP contribution in [0.3, 0.4) is 0 Å². The minimum absolute atomic E-state index is 0.595. The zero-order chi connectivity index (χ0) is 9.84. The van der Waals surface area contributed by atoms with E-state index in [1.807, 2.05) is 11.8 Å². The molecule has 1 heterocycles. The molecule has 1 N–H and O–H groups in total. The van der Waals surface area contributed by atoms with Crippen LogP contribution in [-0.4, -0.2) is 23.5 Å². The number of nitrogens with one attached hydrogen (secondary N) is 1. The minimum atomic E-state index is 0.595. The van der Waals surface area contributed by atoms with Crippen molar-refractivity contribution in [1.82, 2.24) is 5.32 Å². The molecule has 76 valence electrons. The highest BCUT2D eigenvalue weighted by Gasteiger charge is 2.15. The second-order valence-corrected chi connectivity index (χ2v) is 5.23. The molecule has 3 heteroatoms. The highest BCUT2D eigenvalue weighted by atomic mass is 32.2. The van der Waals surface area contributed by atoms with E-state index in [9.17, 15) is 0 Å². The fraction of sp³-hybridized carbons (Fsp3) is 0.900. The second kappa shape index (κ2) is 4.89. The summed E-state index contributed by atoms with van der Waals surface area (Å²) in [7, 11) is 0. The first-order valence-electron chi connectivity index (χ1n) is 5.03. The van der Waals surface area contributed by atoms with Crippen molar-refractivity contribution in [2.45, 2.75) is 33.7 Å². The van der Waals surface area contributed by atoms with Gasteiger partial charge in [0.05, 0.1) is 0 Å². The van der Waals surface area contributed by atoms with Crippen molar-refractivity contribution >= 4 is 16.9 Å². The van der Waals surface area contributed by atoms with Gasteiger partial charge in [0.2, 0.25) is 0 Å². The Morgan fingerprint density at radius 2 is 2.23 bits per heavy atom. The van der Waals surface area contributed by atoms with Gasteiger partial charge in [-0.1, -0.05) is 32.5 Å². The average Bonchev–Trinajstić information content (AvgIpc) is 2.47. The van der Waals surface area contributed by atoms with Crippen molar-refractivity contribution in [2.75, 3.05) is 12.3 Å². The molecule has 13 heavy (non-hydrogen) atoms. The van der Waals surface area contributed by atoms with E-state index in [1.54, 1.807) is 0 Å². The van der Waals surface area contributed by atoms with Gasteiger partial charge in [-0.15, -0.1) is 0 Å². The Labute approximate surface area is 85.6 Å². The first kappa shape index (κ1) is 10.9. The lowest BCUT2D eigenvalue weighted by Gasteiger charge is -2.12. The second-order valence-electron chi connectivity index (χ2n) is 4.22. The van der Waals surface area contributed by atoms with Gasteiger partial charge in [0.1, 0.15) is 0 Å². The van der Waals surface area contributed by atoms with Gasteiger partial charge >= 0.3 is 0 Å². The van der Waals surface area contributed by atoms with Crippen molar-refractivity contribution in [3.63, 3.8) is 0 Å². The summed E-state index contributed by atoms with van der Waals surface area (Å²) >= 11 is 1.84. The maximum absolute atomic E-state index is 4.56. The van der Waals surface area contributed by atoms with Crippen LogP contribution in [-0.2, 0) is 0 Å². The molecule has 1 rings (SSSR count). The van der Waals surface area contributed by atoms with E-state index in [-0.39, 0.29) is 0 Å². The van der Waals surface area contributed by atoms with Gasteiger partial charge in [-0.3, -0.25) is 4.99 Å². The van der Waals surface area contributed by atoms with Crippen molar-refractivity contribution in [2.24, 2.45) is 16.8 Å². The zero-order valence-corrected chi connectivity index (χ0v) is 9.82. The van der Waals surface area contributed by atoms with Crippen LogP contribution in [0.25, 0.3) is 0 Å². The topological polar surface area (TPSA) is 24.4 Å². The number of rotatable bonds is 3. The number of thioether (sulfide) groups is 1. The van der Waals surface area contributed by atoms with E-state index in [4.69, 9.17) is 0 Å². The molecule has 2 nitrogen and oxygen atoms in total. The summed E-state index contributed by atoms with van der Waals surface area (Å²) in [6.45, 7) is 9.92. The molecule has 1 aliphatic heterocycles. The van der Waals surface area contributed by atoms with Crippen LogP contribution in [0.2, 0.25) is 0 Å². The number of amidine groups is 1. The molecule has 0 aromatic rings. The quantitative estimate of drug-likeness (QED) is 0.756. The Hall–Kier alpha value is -0.180. The summed E-state index contributed by atoms with van der Waals surface area (Å²) in [5, 5.41) is 4.50. The highest BCUT2D eigenvalue weighted by Crippen LogP contribution is 2.15. The van der Waals surface area contributed by atoms with Crippen LogP contribution in [0, 0.1) is 11.8 Å². The maximum atomic E-state index is 4.56. The first-order chi connectivity index (χ1) is 6.09. The Morgan fingerprint density at radius 3 is 2.69 bits per heavy atom. The molecule has 0 aromatic heterocycles. The minimum Gasteiger partial charge on any atom is -0.362 e. The summed E-state index contributed by atoms with van der Waals surface area (Å²) in [6.07, 6.45) is 0.